The van der Waals surface area contributed by atoms with E-state index in [1.807, 2.05) is 30.3 Å². The Balaban J connectivity index is 1.67. The molecule has 4 nitrogen and oxygen atoms in total. The third kappa shape index (κ3) is 2.51. The molecule has 0 saturated heterocycles. The number of aromatic nitrogens is 3. The molecule has 1 unspecified atom stereocenters. The van der Waals surface area contributed by atoms with Crippen LogP contribution in [0.15, 0.2) is 77.7 Å². The standard InChI is InChI=1S/C22H16FN3O/c23-17-8-6-16(7-9-17)22(15-4-2-1-3-5-15)11-10-18-19(12-22)25-26-21(18)20-13-27-14-24-20/h1-11,13-14H,12H2,(H,25,26). The van der Waals surface area contributed by atoms with E-state index in [0.29, 0.717) is 12.1 Å². The predicted octanol–water partition coefficient (Wildman–Crippen LogP) is 4.76. The summed E-state index contributed by atoms with van der Waals surface area (Å²) in [6, 6.07) is 17.0. The summed E-state index contributed by atoms with van der Waals surface area (Å²) in [5.41, 5.74) is 5.30. The number of H-pyrrole nitrogens is 1. The number of halogens is 1. The Kier molecular flexibility index (Phi) is 3.53. The molecule has 1 aliphatic rings. The number of rotatable bonds is 3. The van der Waals surface area contributed by atoms with Gasteiger partial charge in [-0.2, -0.15) is 5.10 Å². The van der Waals surface area contributed by atoms with E-state index in [1.165, 1.54) is 18.5 Å². The Morgan fingerprint density at radius 1 is 1.00 bits per heavy atom. The molecule has 4 aromatic rings. The van der Waals surface area contributed by atoms with Crippen LogP contribution in [0, 0.1) is 5.82 Å². The molecule has 27 heavy (non-hydrogen) atoms. The topological polar surface area (TPSA) is 54.7 Å². The van der Waals surface area contributed by atoms with Crippen molar-refractivity contribution in [3.05, 3.63) is 102 Å². The van der Waals surface area contributed by atoms with Crippen LogP contribution in [0.25, 0.3) is 17.5 Å². The van der Waals surface area contributed by atoms with Gasteiger partial charge in [0.1, 0.15) is 23.5 Å². The van der Waals surface area contributed by atoms with Gasteiger partial charge >= 0.3 is 0 Å². The van der Waals surface area contributed by atoms with Crippen molar-refractivity contribution in [3.63, 3.8) is 0 Å². The van der Waals surface area contributed by atoms with Crippen molar-refractivity contribution in [3.8, 4) is 11.4 Å². The molecule has 0 radical (unpaired) electrons. The van der Waals surface area contributed by atoms with Gasteiger partial charge in [0, 0.05) is 23.1 Å². The Morgan fingerprint density at radius 2 is 1.78 bits per heavy atom. The van der Waals surface area contributed by atoms with E-state index in [9.17, 15) is 4.39 Å². The summed E-state index contributed by atoms with van der Waals surface area (Å²) in [5, 5.41) is 7.61. The van der Waals surface area contributed by atoms with Crippen molar-refractivity contribution in [2.45, 2.75) is 11.8 Å². The monoisotopic (exact) mass is 357 g/mol. The molecular formula is C22H16FN3O. The first-order chi connectivity index (χ1) is 13.3. The maximum absolute atomic E-state index is 13.5. The van der Waals surface area contributed by atoms with Gasteiger partial charge < -0.3 is 4.42 Å². The number of oxazole rings is 1. The van der Waals surface area contributed by atoms with Gasteiger partial charge in [-0.15, -0.1) is 0 Å². The Labute approximate surface area is 155 Å². The van der Waals surface area contributed by atoms with E-state index >= 15 is 0 Å². The number of nitrogens with one attached hydrogen (secondary N) is 1. The van der Waals surface area contributed by atoms with Crippen LogP contribution in [0.5, 0.6) is 0 Å². The second kappa shape index (κ2) is 6.06. The number of benzene rings is 2. The minimum atomic E-state index is -0.393. The van der Waals surface area contributed by atoms with Crippen molar-refractivity contribution in [1.82, 2.24) is 15.2 Å². The zero-order valence-corrected chi connectivity index (χ0v) is 14.4. The number of nitrogens with zero attached hydrogens (tertiary/aromatic N) is 2. The van der Waals surface area contributed by atoms with Gasteiger partial charge in [0.25, 0.3) is 0 Å². The normalized spacial score (nSPS) is 18.4. The SMILES string of the molecule is Fc1ccc(C2(c3ccccc3)C=Cc3c(-c4cocn4)n[nH]c3C2)cc1. The highest BCUT2D eigenvalue weighted by atomic mass is 19.1. The molecule has 5 heteroatoms. The summed E-state index contributed by atoms with van der Waals surface area (Å²) in [5.74, 6) is -0.239. The van der Waals surface area contributed by atoms with E-state index in [1.54, 1.807) is 6.26 Å². The zero-order valence-electron chi connectivity index (χ0n) is 14.4. The molecule has 1 aliphatic carbocycles. The lowest BCUT2D eigenvalue weighted by Crippen LogP contribution is -2.30. The molecule has 5 rings (SSSR count). The summed E-state index contributed by atoms with van der Waals surface area (Å²) < 4.78 is 18.6. The molecule has 0 amide bonds. The summed E-state index contributed by atoms with van der Waals surface area (Å²) >= 11 is 0. The van der Waals surface area contributed by atoms with Gasteiger partial charge in [0.2, 0.25) is 0 Å². The molecule has 0 saturated carbocycles. The molecule has 1 N–H and O–H groups in total. The van der Waals surface area contributed by atoms with E-state index in [-0.39, 0.29) is 5.82 Å². The van der Waals surface area contributed by atoms with Crippen molar-refractivity contribution in [1.29, 1.82) is 0 Å². The number of allylic oxidation sites excluding steroid dienone is 1. The van der Waals surface area contributed by atoms with Crippen LogP contribution in [0.4, 0.5) is 4.39 Å². The summed E-state index contributed by atoms with van der Waals surface area (Å²) in [6.07, 6.45) is 7.93. The second-order valence-corrected chi connectivity index (χ2v) is 6.69. The smallest absolute Gasteiger partial charge is 0.181 e. The molecule has 2 aromatic heterocycles. The third-order valence-electron chi connectivity index (χ3n) is 5.20. The van der Waals surface area contributed by atoms with Crippen LogP contribution in [-0.4, -0.2) is 15.2 Å². The molecule has 1 atom stereocenters. The highest BCUT2D eigenvalue weighted by molar-refractivity contribution is 5.74. The van der Waals surface area contributed by atoms with Crippen molar-refractivity contribution in [2.75, 3.05) is 0 Å². The molecular weight excluding hydrogens is 341 g/mol. The number of hydrogen-bond donors (Lipinski definition) is 1. The highest BCUT2D eigenvalue weighted by Gasteiger charge is 2.36. The van der Waals surface area contributed by atoms with Crippen molar-refractivity contribution < 1.29 is 8.81 Å². The van der Waals surface area contributed by atoms with Crippen LogP contribution in [-0.2, 0) is 11.8 Å². The summed E-state index contributed by atoms with van der Waals surface area (Å²) in [4.78, 5) is 4.20. The van der Waals surface area contributed by atoms with Crippen LogP contribution < -0.4 is 0 Å². The molecule has 2 aromatic carbocycles. The average molecular weight is 357 g/mol. The summed E-state index contributed by atoms with van der Waals surface area (Å²) in [6.45, 7) is 0. The van der Waals surface area contributed by atoms with Gasteiger partial charge in [-0.1, -0.05) is 54.6 Å². The Morgan fingerprint density at radius 3 is 2.52 bits per heavy atom. The third-order valence-corrected chi connectivity index (χ3v) is 5.20. The van der Waals surface area contributed by atoms with Gasteiger partial charge in [-0.25, -0.2) is 9.37 Å². The van der Waals surface area contributed by atoms with Crippen molar-refractivity contribution in [2.24, 2.45) is 0 Å². The summed E-state index contributed by atoms with van der Waals surface area (Å²) in [7, 11) is 0. The molecule has 0 fully saturated rings. The fraction of sp³-hybridized carbons (Fsp3) is 0.0909. The van der Waals surface area contributed by atoms with E-state index in [4.69, 9.17) is 4.42 Å². The molecule has 0 spiro atoms. The van der Waals surface area contributed by atoms with Crippen LogP contribution in [0.1, 0.15) is 22.4 Å². The van der Waals surface area contributed by atoms with Gasteiger partial charge in [-0.05, 0) is 23.3 Å². The molecule has 2 heterocycles. The lowest BCUT2D eigenvalue weighted by molar-refractivity contribution is 0.558. The first-order valence-electron chi connectivity index (χ1n) is 8.73. The van der Waals surface area contributed by atoms with E-state index < -0.39 is 5.41 Å². The minimum absolute atomic E-state index is 0.239. The maximum atomic E-state index is 13.5. The maximum Gasteiger partial charge on any atom is 0.181 e. The lowest BCUT2D eigenvalue weighted by Gasteiger charge is -2.34. The number of aromatic amines is 1. The first kappa shape index (κ1) is 15.8. The number of hydrogen-bond acceptors (Lipinski definition) is 3. The van der Waals surface area contributed by atoms with E-state index in [0.717, 1.165) is 28.1 Å². The minimum Gasteiger partial charge on any atom is -0.451 e. The van der Waals surface area contributed by atoms with E-state index in [2.05, 4.69) is 39.5 Å². The van der Waals surface area contributed by atoms with Gasteiger partial charge in [-0.3, -0.25) is 5.10 Å². The quantitative estimate of drug-likeness (QED) is 0.575. The molecule has 0 aliphatic heterocycles. The zero-order chi connectivity index (χ0) is 18.3. The predicted molar refractivity (Wildman–Crippen MR) is 100 cm³/mol. The Hall–Kier alpha value is -3.47. The Bertz CT molecular complexity index is 1100. The molecule has 132 valence electrons. The van der Waals surface area contributed by atoms with Crippen LogP contribution >= 0.6 is 0 Å². The molecule has 0 bridgehead atoms. The number of fused-ring (bicyclic) bond motifs is 1. The highest BCUT2D eigenvalue weighted by Crippen LogP contribution is 2.42. The van der Waals surface area contributed by atoms with Gasteiger partial charge in [0.15, 0.2) is 6.39 Å². The van der Waals surface area contributed by atoms with Gasteiger partial charge in [0.05, 0.1) is 0 Å². The van der Waals surface area contributed by atoms with Crippen LogP contribution in [0.2, 0.25) is 0 Å². The lowest BCUT2D eigenvalue weighted by atomic mass is 9.68. The largest absolute Gasteiger partial charge is 0.451 e. The first-order valence-corrected chi connectivity index (χ1v) is 8.73. The van der Waals surface area contributed by atoms with Crippen molar-refractivity contribution >= 4 is 6.08 Å². The fourth-order valence-electron chi connectivity index (χ4n) is 3.84. The second-order valence-electron chi connectivity index (χ2n) is 6.69. The van der Waals surface area contributed by atoms with Crippen LogP contribution in [0.3, 0.4) is 0 Å². The average Bonchev–Trinajstić information content (AvgIpc) is 3.38. The fourth-order valence-corrected chi connectivity index (χ4v) is 3.84.